The van der Waals surface area contributed by atoms with E-state index in [0.29, 0.717) is 5.69 Å². The van der Waals surface area contributed by atoms with Crippen LogP contribution in [0.3, 0.4) is 0 Å². The number of anilines is 1. The average molecular weight is 189 g/mol. The summed E-state index contributed by atoms with van der Waals surface area (Å²) in [6.45, 7) is 0. The molecule has 0 amide bonds. The van der Waals surface area contributed by atoms with Gasteiger partial charge in [-0.15, -0.1) is 0 Å². The fourth-order valence-corrected chi connectivity index (χ4v) is 1.42. The van der Waals surface area contributed by atoms with E-state index in [4.69, 9.17) is 0 Å². The van der Waals surface area contributed by atoms with E-state index >= 15 is 0 Å². The maximum Gasteiger partial charge on any atom is 0.346 e. The van der Waals surface area contributed by atoms with Gasteiger partial charge in [0.25, 0.3) is 0 Å². The predicted molar refractivity (Wildman–Crippen MR) is 55.8 cm³/mol. The molecule has 2 aliphatic rings. The molecule has 72 valence electrons. The molecule has 0 spiro atoms. The smallest absolute Gasteiger partial charge is 0.346 e. The summed E-state index contributed by atoms with van der Waals surface area (Å²) in [5.41, 5.74) is 2.12. The quantitative estimate of drug-likeness (QED) is 0.726. The molecule has 4 nitrogen and oxygen atoms in total. The highest BCUT2D eigenvalue weighted by Crippen LogP contribution is 2.24. The maximum absolute atomic E-state index is 11.1. The molecular formula is C10H11N3O. The fourth-order valence-electron chi connectivity index (χ4n) is 1.42. The normalized spacial score (nSPS) is 10.4. The summed E-state index contributed by atoms with van der Waals surface area (Å²) in [5.74, 6) is 0. The number of H-pyrrole nitrogens is 1. The van der Waals surface area contributed by atoms with Crippen molar-refractivity contribution < 1.29 is 0 Å². The third-order valence-electron chi connectivity index (χ3n) is 2.06. The minimum Gasteiger partial charge on any atom is -0.376 e. The Morgan fingerprint density at radius 2 is 2.00 bits per heavy atom. The van der Waals surface area contributed by atoms with Gasteiger partial charge in [0.1, 0.15) is 5.69 Å². The average Bonchev–Trinajstić information content (AvgIpc) is 2.35. The fraction of sp³-hybridized carbons (Fsp3) is 0.200. The van der Waals surface area contributed by atoms with Crippen molar-refractivity contribution in [1.29, 1.82) is 0 Å². The Balaban J connectivity index is 2.76. The van der Waals surface area contributed by atoms with Gasteiger partial charge < -0.3 is 9.88 Å². The first-order valence-electron chi connectivity index (χ1n) is 4.35. The Morgan fingerprint density at radius 3 is 2.71 bits per heavy atom. The minimum absolute atomic E-state index is 0.297. The van der Waals surface area contributed by atoms with Crippen LogP contribution in [0.1, 0.15) is 0 Å². The molecule has 0 saturated heterocycles. The van der Waals surface area contributed by atoms with Gasteiger partial charge in [-0.05, 0) is 12.1 Å². The number of aromatic nitrogens is 2. The molecule has 4 heteroatoms. The van der Waals surface area contributed by atoms with Crippen molar-refractivity contribution in [1.82, 2.24) is 9.97 Å². The first-order chi connectivity index (χ1) is 6.68. The number of rotatable bonds is 1. The first-order valence-corrected chi connectivity index (χ1v) is 4.35. The van der Waals surface area contributed by atoms with Gasteiger partial charge in [0.05, 0.1) is 11.4 Å². The van der Waals surface area contributed by atoms with Crippen molar-refractivity contribution >= 4 is 5.69 Å². The largest absolute Gasteiger partial charge is 0.376 e. The summed E-state index contributed by atoms with van der Waals surface area (Å²) < 4.78 is 0. The van der Waals surface area contributed by atoms with Crippen molar-refractivity contribution in [3.8, 4) is 11.4 Å². The van der Waals surface area contributed by atoms with E-state index in [0.717, 1.165) is 11.4 Å². The molecule has 0 atom stereocenters. The lowest BCUT2D eigenvalue weighted by molar-refractivity contribution is 1.12. The van der Waals surface area contributed by atoms with E-state index in [1.807, 2.05) is 43.3 Å². The second kappa shape index (κ2) is 3.14. The summed E-state index contributed by atoms with van der Waals surface area (Å²) in [5, 5.41) is 0. The number of hydrogen-bond acceptors (Lipinski definition) is 3. The van der Waals surface area contributed by atoms with Crippen molar-refractivity contribution in [3.63, 3.8) is 0 Å². The molecule has 1 heterocycles. The Hall–Kier alpha value is -1.84. The topological polar surface area (TPSA) is 49.0 Å². The molecule has 1 aliphatic heterocycles. The van der Waals surface area contributed by atoms with Gasteiger partial charge in [0, 0.05) is 14.1 Å². The Morgan fingerprint density at radius 1 is 1.29 bits per heavy atom. The lowest BCUT2D eigenvalue weighted by Crippen LogP contribution is -2.09. The molecule has 0 unspecified atom stereocenters. The van der Waals surface area contributed by atoms with Gasteiger partial charge in [-0.1, -0.05) is 12.1 Å². The molecule has 2 rings (SSSR count). The molecule has 1 aliphatic carbocycles. The van der Waals surface area contributed by atoms with Gasteiger partial charge in [-0.25, -0.2) is 4.79 Å². The lowest BCUT2D eigenvalue weighted by Gasteiger charge is -2.12. The molecule has 0 fully saturated rings. The van der Waals surface area contributed by atoms with Crippen LogP contribution in [0.5, 0.6) is 0 Å². The molecular weight excluding hydrogens is 178 g/mol. The van der Waals surface area contributed by atoms with Crippen LogP contribution in [0.4, 0.5) is 5.69 Å². The van der Waals surface area contributed by atoms with Crippen LogP contribution in [-0.2, 0) is 0 Å². The monoisotopic (exact) mass is 189 g/mol. The standard InChI is InChI=1S/C10H11N3O/c1-13(2)8-6-4-3-5-7-9(8)12-10(14)11-7/h3-6H,1-2H3,(H,11,12,14). The summed E-state index contributed by atoms with van der Waals surface area (Å²) in [6, 6.07) is 7.58. The molecule has 14 heavy (non-hydrogen) atoms. The number of fused-ring (bicyclic) bond motifs is 1. The summed E-state index contributed by atoms with van der Waals surface area (Å²) in [7, 11) is 3.85. The zero-order valence-electron chi connectivity index (χ0n) is 8.11. The van der Waals surface area contributed by atoms with E-state index in [-0.39, 0.29) is 5.69 Å². The second-order valence-electron chi connectivity index (χ2n) is 3.30. The zero-order chi connectivity index (χ0) is 10.1. The molecule has 0 aromatic rings. The molecule has 1 N–H and O–H groups in total. The highest BCUT2D eigenvalue weighted by Gasteiger charge is 2.11. The number of aromatic amines is 1. The summed E-state index contributed by atoms with van der Waals surface area (Å²) in [4.78, 5) is 19.6. The highest BCUT2D eigenvalue weighted by molar-refractivity contribution is 5.72. The van der Waals surface area contributed by atoms with Crippen LogP contribution < -0.4 is 10.6 Å². The van der Waals surface area contributed by atoms with E-state index < -0.39 is 0 Å². The van der Waals surface area contributed by atoms with E-state index in [9.17, 15) is 4.79 Å². The van der Waals surface area contributed by atoms with Crippen LogP contribution in [0.2, 0.25) is 0 Å². The third-order valence-corrected chi connectivity index (χ3v) is 2.06. The molecule has 0 aromatic carbocycles. The minimum atomic E-state index is -0.297. The number of nitrogens with one attached hydrogen (secondary N) is 1. The third kappa shape index (κ3) is 1.35. The highest BCUT2D eigenvalue weighted by atomic mass is 16.1. The molecule has 0 bridgehead atoms. The van der Waals surface area contributed by atoms with Crippen LogP contribution in [-0.4, -0.2) is 24.1 Å². The van der Waals surface area contributed by atoms with Crippen molar-refractivity contribution in [2.45, 2.75) is 0 Å². The SMILES string of the molecule is CN(C)c1ccccc2[nH]c(=O)nc1-2. The zero-order valence-corrected chi connectivity index (χ0v) is 8.11. The second-order valence-corrected chi connectivity index (χ2v) is 3.30. The first kappa shape index (κ1) is 8.74. The lowest BCUT2D eigenvalue weighted by atomic mass is 10.2. The van der Waals surface area contributed by atoms with E-state index in [1.54, 1.807) is 0 Å². The van der Waals surface area contributed by atoms with E-state index in [1.165, 1.54) is 0 Å². The van der Waals surface area contributed by atoms with Gasteiger partial charge in [-0.3, -0.25) is 0 Å². The Labute approximate surface area is 81.6 Å². The van der Waals surface area contributed by atoms with E-state index in [2.05, 4.69) is 9.97 Å². The van der Waals surface area contributed by atoms with Crippen LogP contribution in [0.25, 0.3) is 11.4 Å². The number of hydrogen-bond donors (Lipinski definition) is 1. The van der Waals surface area contributed by atoms with Crippen LogP contribution in [0.15, 0.2) is 29.1 Å². The maximum atomic E-state index is 11.1. The number of nitrogens with zero attached hydrogens (tertiary/aromatic N) is 2. The predicted octanol–water partition coefficient (Wildman–Crippen LogP) is 0.941. The Bertz CT molecular complexity index is 475. The summed E-state index contributed by atoms with van der Waals surface area (Å²) in [6.07, 6.45) is 0. The van der Waals surface area contributed by atoms with Crippen molar-refractivity contribution in [2.75, 3.05) is 19.0 Å². The van der Waals surface area contributed by atoms with Crippen molar-refractivity contribution in [3.05, 3.63) is 34.7 Å². The molecule has 0 aromatic heterocycles. The van der Waals surface area contributed by atoms with Gasteiger partial charge >= 0.3 is 5.69 Å². The van der Waals surface area contributed by atoms with Crippen LogP contribution >= 0.6 is 0 Å². The van der Waals surface area contributed by atoms with Gasteiger partial charge in [0.2, 0.25) is 0 Å². The summed E-state index contributed by atoms with van der Waals surface area (Å²) >= 11 is 0. The van der Waals surface area contributed by atoms with Crippen LogP contribution in [0, 0.1) is 0 Å². The van der Waals surface area contributed by atoms with Gasteiger partial charge in [0.15, 0.2) is 0 Å². The molecule has 0 radical (unpaired) electrons. The molecule has 0 saturated carbocycles. The number of imidazole rings is 1. The Kier molecular flexibility index (Phi) is 1.96. The van der Waals surface area contributed by atoms with Gasteiger partial charge in [-0.2, -0.15) is 4.98 Å². The van der Waals surface area contributed by atoms with Crippen molar-refractivity contribution in [2.24, 2.45) is 0 Å².